The van der Waals surface area contributed by atoms with Crippen LogP contribution in [0.3, 0.4) is 0 Å². The lowest BCUT2D eigenvalue weighted by molar-refractivity contribution is -0.136. The maximum absolute atomic E-state index is 12.3. The van der Waals surface area contributed by atoms with Gasteiger partial charge in [-0.15, -0.1) is 11.8 Å². The summed E-state index contributed by atoms with van der Waals surface area (Å²) < 4.78 is 0. The Morgan fingerprint density at radius 2 is 1.85 bits per heavy atom. The molecule has 0 saturated carbocycles. The molecule has 0 aliphatic heterocycles. The Morgan fingerprint density at radius 3 is 2.35 bits per heavy atom. The minimum absolute atomic E-state index is 0.0474. The minimum Gasteiger partial charge on any atom is -0.481 e. The third kappa shape index (κ3) is 5.65. The fraction of sp³-hybridized carbons (Fsp3) is 0.467. The Morgan fingerprint density at radius 1 is 1.25 bits per heavy atom. The normalized spacial score (nSPS) is 10.6. The second-order valence-corrected chi connectivity index (χ2v) is 6.45. The Bertz CT molecular complexity index is 457. The molecule has 1 N–H and O–H groups in total. The molecule has 0 saturated heterocycles. The first-order valence-electron chi connectivity index (χ1n) is 6.60. The number of hydrogen-bond donors (Lipinski definition) is 1. The number of carboxylic acids is 1. The van der Waals surface area contributed by atoms with Crippen molar-refractivity contribution in [3.63, 3.8) is 0 Å². The van der Waals surface area contributed by atoms with E-state index in [2.05, 4.69) is 0 Å². The number of hydrogen-bond acceptors (Lipinski definition) is 3. The first kappa shape index (κ1) is 16.6. The number of amides is 1. The number of aryl methyl sites for hydroxylation is 1. The molecule has 1 aromatic carbocycles. The summed E-state index contributed by atoms with van der Waals surface area (Å²) in [6, 6.07) is 7.56. The van der Waals surface area contributed by atoms with Gasteiger partial charge in [-0.1, -0.05) is 31.5 Å². The van der Waals surface area contributed by atoms with Gasteiger partial charge in [0.25, 0.3) is 0 Å². The highest BCUT2D eigenvalue weighted by Crippen LogP contribution is 2.18. The zero-order chi connectivity index (χ0) is 15.1. The summed E-state index contributed by atoms with van der Waals surface area (Å²) in [5.41, 5.74) is 1.86. The van der Waals surface area contributed by atoms with E-state index in [1.54, 1.807) is 16.7 Å². The van der Waals surface area contributed by atoms with Crippen LogP contribution in [0.4, 0.5) is 5.69 Å². The van der Waals surface area contributed by atoms with E-state index in [1.807, 2.05) is 45.0 Å². The molecule has 110 valence electrons. The van der Waals surface area contributed by atoms with Crippen LogP contribution in [0.5, 0.6) is 0 Å². The van der Waals surface area contributed by atoms with Crippen molar-refractivity contribution in [2.45, 2.75) is 32.4 Å². The van der Waals surface area contributed by atoms with Gasteiger partial charge in [0, 0.05) is 12.2 Å². The molecule has 0 atom stereocenters. The molecular weight excluding hydrogens is 274 g/mol. The van der Waals surface area contributed by atoms with Crippen molar-refractivity contribution >= 4 is 29.3 Å². The van der Waals surface area contributed by atoms with Crippen LogP contribution >= 0.6 is 11.8 Å². The molecule has 0 aliphatic carbocycles. The number of nitrogens with zero attached hydrogens (tertiary/aromatic N) is 1. The molecule has 0 radical (unpaired) electrons. The van der Waals surface area contributed by atoms with Crippen LogP contribution in [0.15, 0.2) is 24.3 Å². The van der Waals surface area contributed by atoms with Gasteiger partial charge < -0.3 is 10.0 Å². The van der Waals surface area contributed by atoms with E-state index >= 15 is 0 Å². The lowest BCUT2D eigenvalue weighted by Gasteiger charge is -2.22. The van der Waals surface area contributed by atoms with E-state index in [1.165, 1.54) is 0 Å². The SMILES string of the molecule is Cc1ccc(N(CCC(=O)O)C(=O)CSC(C)C)cc1. The number of carbonyl (C=O) groups is 2. The molecule has 1 aromatic rings. The lowest BCUT2D eigenvalue weighted by Crippen LogP contribution is -2.34. The number of aliphatic carboxylic acids is 1. The summed E-state index contributed by atoms with van der Waals surface area (Å²) >= 11 is 1.56. The average molecular weight is 295 g/mol. The van der Waals surface area contributed by atoms with Gasteiger partial charge >= 0.3 is 5.97 Å². The molecule has 0 aliphatic rings. The van der Waals surface area contributed by atoms with E-state index in [0.717, 1.165) is 11.3 Å². The largest absolute Gasteiger partial charge is 0.481 e. The molecule has 0 fully saturated rings. The van der Waals surface area contributed by atoms with Crippen LogP contribution in [0.2, 0.25) is 0 Å². The third-order valence-electron chi connectivity index (χ3n) is 2.74. The van der Waals surface area contributed by atoms with Crippen LogP contribution in [0.25, 0.3) is 0 Å². The monoisotopic (exact) mass is 295 g/mol. The quantitative estimate of drug-likeness (QED) is 0.840. The molecule has 5 heteroatoms. The summed E-state index contributed by atoms with van der Waals surface area (Å²) in [6.07, 6.45) is -0.0496. The molecule has 1 amide bonds. The van der Waals surface area contributed by atoms with Crippen molar-refractivity contribution in [1.82, 2.24) is 0 Å². The van der Waals surface area contributed by atoms with Crippen molar-refractivity contribution in [3.8, 4) is 0 Å². The van der Waals surface area contributed by atoms with E-state index in [-0.39, 0.29) is 18.9 Å². The number of carboxylic acid groups (broad SMARTS) is 1. The first-order valence-corrected chi connectivity index (χ1v) is 7.65. The molecule has 0 heterocycles. The van der Waals surface area contributed by atoms with Crippen molar-refractivity contribution < 1.29 is 14.7 Å². The molecule has 0 bridgehead atoms. The number of carbonyl (C=O) groups excluding carboxylic acids is 1. The third-order valence-corrected chi connectivity index (χ3v) is 3.82. The van der Waals surface area contributed by atoms with E-state index in [9.17, 15) is 9.59 Å². The van der Waals surface area contributed by atoms with Crippen LogP contribution in [-0.2, 0) is 9.59 Å². The standard InChI is InChI=1S/C15H21NO3S/c1-11(2)20-10-14(17)16(9-8-15(18)19)13-6-4-12(3)5-7-13/h4-7,11H,8-10H2,1-3H3,(H,18,19). The molecule has 4 nitrogen and oxygen atoms in total. The molecule has 0 unspecified atom stereocenters. The minimum atomic E-state index is -0.897. The van der Waals surface area contributed by atoms with Crippen LogP contribution in [0.1, 0.15) is 25.8 Å². The number of rotatable bonds is 7. The number of benzene rings is 1. The van der Waals surface area contributed by atoms with Gasteiger partial charge in [0.2, 0.25) is 5.91 Å². The van der Waals surface area contributed by atoms with Gasteiger partial charge in [0.05, 0.1) is 12.2 Å². The second-order valence-electron chi connectivity index (χ2n) is 4.88. The van der Waals surface area contributed by atoms with Gasteiger partial charge in [0.1, 0.15) is 0 Å². The van der Waals surface area contributed by atoms with Crippen LogP contribution in [-0.4, -0.2) is 34.5 Å². The van der Waals surface area contributed by atoms with E-state index in [0.29, 0.717) is 11.0 Å². The summed E-state index contributed by atoms with van der Waals surface area (Å²) in [7, 11) is 0. The Kier molecular flexibility index (Phi) is 6.58. The Balaban J connectivity index is 2.81. The van der Waals surface area contributed by atoms with Gasteiger partial charge in [-0.3, -0.25) is 9.59 Å². The Labute approximate surface area is 124 Å². The summed E-state index contributed by atoms with van der Waals surface area (Å²) in [4.78, 5) is 24.6. The first-order chi connectivity index (χ1) is 9.40. The Hall–Kier alpha value is -1.49. The van der Waals surface area contributed by atoms with Gasteiger partial charge in [-0.2, -0.15) is 0 Å². The van der Waals surface area contributed by atoms with Crippen LogP contribution in [0, 0.1) is 6.92 Å². The van der Waals surface area contributed by atoms with Gasteiger partial charge in [0.15, 0.2) is 0 Å². The van der Waals surface area contributed by atoms with Crippen molar-refractivity contribution in [3.05, 3.63) is 29.8 Å². The highest BCUT2D eigenvalue weighted by molar-refractivity contribution is 8.00. The predicted octanol–water partition coefficient (Wildman–Crippen LogP) is 2.94. The number of thioether (sulfide) groups is 1. The summed E-state index contributed by atoms with van der Waals surface area (Å²) in [5, 5.41) is 9.18. The van der Waals surface area contributed by atoms with E-state index < -0.39 is 5.97 Å². The zero-order valence-electron chi connectivity index (χ0n) is 12.1. The lowest BCUT2D eigenvalue weighted by atomic mass is 10.2. The zero-order valence-corrected chi connectivity index (χ0v) is 12.9. The topological polar surface area (TPSA) is 57.6 Å². The fourth-order valence-electron chi connectivity index (χ4n) is 1.65. The van der Waals surface area contributed by atoms with Crippen LogP contribution < -0.4 is 4.90 Å². The van der Waals surface area contributed by atoms with Gasteiger partial charge in [-0.25, -0.2) is 0 Å². The molecule has 0 spiro atoms. The second kappa shape index (κ2) is 7.94. The van der Waals surface area contributed by atoms with Gasteiger partial charge in [-0.05, 0) is 24.3 Å². The molecular formula is C15H21NO3S. The van der Waals surface area contributed by atoms with E-state index in [4.69, 9.17) is 5.11 Å². The maximum Gasteiger partial charge on any atom is 0.305 e. The summed E-state index contributed by atoms with van der Waals surface area (Å²) in [6.45, 7) is 6.24. The summed E-state index contributed by atoms with van der Waals surface area (Å²) in [5.74, 6) is -0.578. The van der Waals surface area contributed by atoms with Crippen molar-refractivity contribution in [2.24, 2.45) is 0 Å². The van der Waals surface area contributed by atoms with Crippen molar-refractivity contribution in [1.29, 1.82) is 0 Å². The average Bonchev–Trinajstić information content (AvgIpc) is 2.38. The molecule has 20 heavy (non-hydrogen) atoms. The maximum atomic E-state index is 12.3. The number of anilines is 1. The molecule has 0 aromatic heterocycles. The smallest absolute Gasteiger partial charge is 0.305 e. The highest BCUT2D eigenvalue weighted by atomic mass is 32.2. The predicted molar refractivity (Wildman–Crippen MR) is 83.4 cm³/mol. The molecule has 1 rings (SSSR count). The van der Waals surface area contributed by atoms with Crippen molar-refractivity contribution in [2.75, 3.05) is 17.2 Å². The highest BCUT2D eigenvalue weighted by Gasteiger charge is 2.17. The fourth-order valence-corrected chi connectivity index (χ4v) is 2.28.